The van der Waals surface area contributed by atoms with Gasteiger partial charge in [0, 0.05) is 24.2 Å². The average molecular weight is 416 g/mol. The summed E-state index contributed by atoms with van der Waals surface area (Å²) in [6.45, 7) is 8.36. The van der Waals surface area contributed by atoms with Crippen LogP contribution < -0.4 is 9.47 Å². The lowest BCUT2D eigenvalue weighted by atomic mass is 9.98. The first kappa shape index (κ1) is 20.1. The molecule has 0 unspecified atom stereocenters. The number of rotatable bonds is 5. The van der Waals surface area contributed by atoms with Crippen LogP contribution in [0.25, 0.3) is 11.3 Å². The molecule has 4 rings (SSSR count). The van der Waals surface area contributed by atoms with Gasteiger partial charge in [-0.05, 0) is 58.2 Å². The summed E-state index contributed by atoms with van der Waals surface area (Å²) >= 11 is 1.53. The summed E-state index contributed by atoms with van der Waals surface area (Å²) < 4.78 is 13.5. The molecule has 0 spiro atoms. The van der Waals surface area contributed by atoms with Crippen molar-refractivity contribution in [3.63, 3.8) is 0 Å². The van der Waals surface area contributed by atoms with Crippen LogP contribution in [0.1, 0.15) is 40.0 Å². The number of hydrogen-bond donors (Lipinski definition) is 0. The second kappa shape index (κ2) is 8.69. The minimum atomic E-state index is 0.209. The normalized spacial score (nSPS) is 21.3. The van der Waals surface area contributed by atoms with E-state index >= 15 is 0 Å². The Morgan fingerprint density at radius 3 is 2.62 bits per heavy atom. The van der Waals surface area contributed by atoms with Crippen molar-refractivity contribution in [2.24, 2.45) is 0 Å². The molecule has 6 nitrogen and oxygen atoms in total. The molecule has 7 heteroatoms. The van der Waals surface area contributed by atoms with Crippen molar-refractivity contribution < 1.29 is 14.3 Å². The minimum Gasteiger partial charge on any atom is -0.486 e. The molecule has 1 amide bonds. The summed E-state index contributed by atoms with van der Waals surface area (Å²) in [5, 5.41) is 0.878. The molecule has 156 valence electrons. The highest BCUT2D eigenvalue weighted by atomic mass is 32.2. The third kappa shape index (κ3) is 4.10. The van der Waals surface area contributed by atoms with Gasteiger partial charge in [-0.3, -0.25) is 4.79 Å². The number of thioether (sulfide) groups is 1. The van der Waals surface area contributed by atoms with E-state index < -0.39 is 0 Å². The molecular weight excluding hydrogens is 386 g/mol. The number of amides is 1. The fourth-order valence-corrected chi connectivity index (χ4v) is 5.24. The molecule has 29 heavy (non-hydrogen) atoms. The first-order valence-corrected chi connectivity index (χ1v) is 11.5. The number of benzene rings is 1. The van der Waals surface area contributed by atoms with Gasteiger partial charge >= 0.3 is 0 Å². The molecular formula is C22H29N3O3S. The highest BCUT2D eigenvalue weighted by molar-refractivity contribution is 7.99. The second-order valence-electron chi connectivity index (χ2n) is 7.75. The van der Waals surface area contributed by atoms with Crippen molar-refractivity contribution in [1.29, 1.82) is 0 Å². The lowest BCUT2D eigenvalue weighted by Crippen LogP contribution is -2.48. The highest BCUT2D eigenvalue weighted by Crippen LogP contribution is 2.35. The van der Waals surface area contributed by atoms with E-state index in [4.69, 9.17) is 9.47 Å². The number of carbonyl (C=O) groups excluding carboxylic acids is 1. The fourth-order valence-electron chi connectivity index (χ4n) is 4.33. The van der Waals surface area contributed by atoms with E-state index in [-0.39, 0.29) is 5.91 Å². The summed E-state index contributed by atoms with van der Waals surface area (Å²) in [6.07, 6.45) is 5.28. The first-order valence-electron chi connectivity index (χ1n) is 10.5. The lowest BCUT2D eigenvalue weighted by Gasteiger charge is -2.39. The van der Waals surface area contributed by atoms with Crippen LogP contribution in [0.15, 0.2) is 29.6 Å². The van der Waals surface area contributed by atoms with E-state index in [2.05, 4.69) is 35.2 Å². The molecule has 1 aromatic heterocycles. The van der Waals surface area contributed by atoms with E-state index in [0.29, 0.717) is 31.1 Å². The summed E-state index contributed by atoms with van der Waals surface area (Å²) in [7, 11) is 0. The summed E-state index contributed by atoms with van der Waals surface area (Å²) in [4.78, 5) is 19.5. The van der Waals surface area contributed by atoms with Crippen LogP contribution in [0.3, 0.4) is 0 Å². The van der Waals surface area contributed by atoms with Gasteiger partial charge in [-0.1, -0.05) is 11.8 Å². The lowest BCUT2D eigenvalue weighted by molar-refractivity contribution is -0.134. The summed E-state index contributed by atoms with van der Waals surface area (Å²) in [6, 6.07) is 6.64. The standard InChI is InChI=1S/C22H29N3O3S/c1-4-24-18(17-8-9-19-20(12-17)28-11-10-27-19)13-23-22(24)29-14-21(26)25-15(2)6-5-7-16(25)3/h8-9,12-13,15-16H,4-7,10-11,14H2,1-3H3/t15-,16-/m1/s1. The number of likely N-dealkylation sites (tertiary alicyclic amines) is 1. The summed E-state index contributed by atoms with van der Waals surface area (Å²) in [5.74, 6) is 2.19. The molecule has 2 atom stereocenters. The van der Waals surface area contributed by atoms with Gasteiger partial charge in [0.05, 0.1) is 17.6 Å². The van der Waals surface area contributed by atoms with Crippen molar-refractivity contribution >= 4 is 17.7 Å². The fraction of sp³-hybridized carbons (Fsp3) is 0.545. The van der Waals surface area contributed by atoms with Gasteiger partial charge in [-0.15, -0.1) is 0 Å². The zero-order valence-electron chi connectivity index (χ0n) is 17.4. The van der Waals surface area contributed by atoms with Gasteiger partial charge in [0.25, 0.3) is 0 Å². The predicted molar refractivity (Wildman–Crippen MR) is 115 cm³/mol. The van der Waals surface area contributed by atoms with Crippen molar-refractivity contribution in [2.75, 3.05) is 19.0 Å². The summed E-state index contributed by atoms with van der Waals surface area (Å²) in [5.41, 5.74) is 2.07. The topological polar surface area (TPSA) is 56.6 Å². The van der Waals surface area contributed by atoms with Gasteiger partial charge in [0.1, 0.15) is 13.2 Å². The SMILES string of the molecule is CCn1c(-c2ccc3c(c2)OCCO3)cnc1SCC(=O)N1[C@H](C)CCC[C@H]1C. The Balaban J connectivity index is 1.50. The number of hydrogen-bond acceptors (Lipinski definition) is 5. The third-order valence-corrected chi connectivity index (χ3v) is 6.75. The molecule has 0 N–H and O–H groups in total. The van der Waals surface area contributed by atoms with Crippen LogP contribution in [-0.4, -0.2) is 51.4 Å². The smallest absolute Gasteiger partial charge is 0.233 e. The van der Waals surface area contributed by atoms with E-state index in [1.807, 2.05) is 24.4 Å². The van der Waals surface area contributed by atoms with Crippen LogP contribution in [-0.2, 0) is 11.3 Å². The number of imidazole rings is 1. The third-order valence-electron chi connectivity index (χ3n) is 5.78. The molecule has 1 fully saturated rings. The quantitative estimate of drug-likeness (QED) is 0.684. The Labute approximate surface area is 176 Å². The molecule has 1 aromatic carbocycles. The molecule has 0 aliphatic carbocycles. The maximum Gasteiger partial charge on any atom is 0.233 e. The minimum absolute atomic E-state index is 0.209. The largest absolute Gasteiger partial charge is 0.486 e. The zero-order valence-corrected chi connectivity index (χ0v) is 18.2. The molecule has 0 saturated carbocycles. The molecule has 1 saturated heterocycles. The number of piperidine rings is 1. The molecule has 2 aliphatic rings. The van der Waals surface area contributed by atoms with Gasteiger partial charge in [0.15, 0.2) is 16.7 Å². The van der Waals surface area contributed by atoms with Gasteiger partial charge in [-0.25, -0.2) is 4.98 Å². The van der Waals surface area contributed by atoms with Crippen molar-refractivity contribution in [3.8, 4) is 22.8 Å². The molecule has 2 aromatic rings. The van der Waals surface area contributed by atoms with Crippen LogP contribution in [0.5, 0.6) is 11.5 Å². The average Bonchev–Trinajstić information content (AvgIpc) is 3.14. The Morgan fingerprint density at radius 1 is 1.17 bits per heavy atom. The maximum absolute atomic E-state index is 12.9. The molecule has 0 bridgehead atoms. The Morgan fingerprint density at radius 2 is 1.90 bits per heavy atom. The van der Waals surface area contributed by atoms with E-state index in [1.54, 1.807) is 0 Å². The number of fused-ring (bicyclic) bond motifs is 1. The van der Waals surface area contributed by atoms with Crippen LogP contribution >= 0.6 is 11.8 Å². The first-order chi connectivity index (χ1) is 14.1. The van der Waals surface area contributed by atoms with Crippen molar-refractivity contribution in [2.45, 2.75) is 63.8 Å². The Bertz CT molecular complexity index is 872. The molecule has 0 radical (unpaired) electrons. The maximum atomic E-state index is 12.9. The number of carbonyl (C=O) groups is 1. The van der Waals surface area contributed by atoms with Crippen LogP contribution in [0.2, 0.25) is 0 Å². The molecule has 3 heterocycles. The van der Waals surface area contributed by atoms with Crippen molar-refractivity contribution in [1.82, 2.24) is 14.5 Å². The number of aromatic nitrogens is 2. The van der Waals surface area contributed by atoms with Gasteiger partial charge in [-0.2, -0.15) is 0 Å². The van der Waals surface area contributed by atoms with E-state index in [1.165, 1.54) is 18.2 Å². The van der Waals surface area contributed by atoms with Crippen molar-refractivity contribution in [3.05, 3.63) is 24.4 Å². The Hall–Kier alpha value is -2.15. The van der Waals surface area contributed by atoms with Crippen LogP contribution in [0, 0.1) is 0 Å². The van der Waals surface area contributed by atoms with E-state index in [0.717, 1.165) is 47.3 Å². The predicted octanol–water partition coefficient (Wildman–Crippen LogP) is 4.22. The highest BCUT2D eigenvalue weighted by Gasteiger charge is 2.29. The number of ether oxygens (including phenoxy) is 2. The number of nitrogens with zero attached hydrogens (tertiary/aromatic N) is 3. The zero-order chi connectivity index (χ0) is 20.4. The van der Waals surface area contributed by atoms with Crippen LogP contribution in [0.4, 0.5) is 0 Å². The van der Waals surface area contributed by atoms with Gasteiger partial charge in [0.2, 0.25) is 5.91 Å². The second-order valence-corrected chi connectivity index (χ2v) is 8.69. The van der Waals surface area contributed by atoms with Gasteiger partial charge < -0.3 is 18.9 Å². The Kier molecular flexibility index (Phi) is 6.04. The monoisotopic (exact) mass is 415 g/mol. The molecule has 2 aliphatic heterocycles. The van der Waals surface area contributed by atoms with E-state index in [9.17, 15) is 4.79 Å².